The molecule has 4 amide bonds. The fourth-order valence-corrected chi connectivity index (χ4v) is 11.5. The van der Waals surface area contributed by atoms with Crippen molar-refractivity contribution in [2.75, 3.05) is 40.6 Å². The minimum Gasteiger partial charge on any atom is -0.453 e. The van der Waals surface area contributed by atoms with Gasteiger partial charge in [-0.1, -0.05) is 94.3 Å². The van der Waals surface area contributed by atoms with Crippen molar-refractivity contribution in [3.63, 3.8) is 0 Å². The zero-order chi connectivity index (χ0) is 44.6. The van der Waals surface area contributed by atoms with E-state index in [4.69, 9.17) is 52.1 Å². The molecule has 4 aromatic rings. The van der Waals surface area contributed by atoms with E-state index in [1.165, 1.54) is 14.2 Å². The molecule has 1 saturated carbocycles. The standard InChI is InChI=1S/C45H51Cl2IN8O8/c1-61-44(59)51-36(27-5-3-17-63-21-27)42(57)55-31-19-29(31)20-32(55)41-50-35(39(47)54-41)26-13-9-24(10-14-26)23-7-11-25(12-8-23)34-38(46)53-40(49-34)30-15-16-33(48)56(30)43(58)37(52-45(60)62-2)28-6-4-18-64-22-28/h7-14,27-33,36-37H,3-6,15-22H2,1-2H3,(H,49,53)(H,50,54)(H,51,59)(H,52,60)/t27-,28-,29-,30+,31-,32+,33+,36+,37+/m1/s1. The highest BCUT2D eigenvalue weighted by atomic mass is 127. The summed E-state index contributed by atoms with van der Waals surface area (Å²) in [5, 5.41) is 6.35. The fourth-order valence-electron chi connectivity index (χ4n) is 9.94. The van der Waals surface area contributed by atoms with Crippen LogP contribution in [0, 0.1) is 17.8 Å². The highest BCUT2D eigenvalue weighted by Crippen LogP contribution is 2.54. The number of likely N-dealkylation sites (tertiary alicyclic amines) is 2. The van der Waals surface area contributed by atoms with E-state index in [1.807, 2.05) is 58.3 Å². The molecule has 1 aliphatic carbocycles. The summed E-state index contributed by atoms with van der Waals surface area (Å²) in [6, 6.07) is 13.8. The van der Waals surface area contributed by atoms with E-state index in [0.717, 1.165) is 67.2 Å². The number of hydrogen-bond acceptors (Lipinski definition) is 10. The van der Waals surface area contributed by atoms with Crippen LogP contribution in [0.4, 0.5) is 9.59 Å². The van der Waals surface area contributed by atoms with Crippen LogP contribution in [0.3, 0.4) is 0 Å². The number of aromatic nitrogens is 4. The number of fused-ring (bicyclic) bond motifs is 1. The van der Waals surface area contributed by atoms with Gasteiger partial charge < -0.3 is 49.3 Å². The van der Waals surface area contributed by atoms with Gasteiger partial charge in [0.15, 0.2) is 0 Å². The topological polar surface area (TPSA) is 193 Å². The SMILES string of the molecule is COC(=O)N[C@H](C(=O)N1[C@H](I)CC[C@H]1c1nc(-c2ccc(-c3ccc(-c4nc([C@@H]5C[C@H]6C[C@H]6N5C(=O)[C@@H](NC(=O)OC)[C@@H]5CCCOC5)[nH]c4Cl)cc3)cc2)c(Cl)[nH]1)[C@@H]1CCCOC1. The van der Waals surface area contributed by atoms with Crippen molar-refractivity contribution in [1.82, 2.24) is 40.4 Å². The number of imidazole rings is 2. The number of nitrogens with zero attached hydrogens (tertiary/aromatic N) is 4. The number of alkyl halides is 1. The third-order valence-electron chi connectivity index (χ3n) is 13.3. The Hall–Kier alpha value is -4.43. The minimum absolute atomic E-state index is 0.0862. The van der Waals surface area contributed by atoms with Crippen LogP contribution in [0.5, 0.6) is 0 Å². The average molecular weight is 1030 g/mol. The monoisotopic (exact) mass is 1030 g/mol. The number of nitrogens with one attached hydrogen (secondary N) is 4. The molecule has 2 aromatic carbocycles. The number of halogens is 3. The van der Waals surface area contributed by atoms with Crippen LogP contribution in [0.25, 0.3) is 33.6 Å². The lowest BCUT2D eigenvalue weighted by molar-refractivity contribution is -0.139. The van der Waals surface area contributed by atoms with Gasteiger partial charge in [-0.25, -0.2) is 19.6 Å². The molecular weight excluding hydrogens is 978 g/mol. The maximum absolute atomic E-state index is 14.3. The summed E-state index contributed by atoms with van der Waals surface area (Å²) in [6.07, 6.45) is 4.97. The molecule has 340 valence electrons. The third-order valence-corrected chi connectivity index (χ3v) is 15.1. The van der Waals surface area contributed by atoms with E-state index in [1.54, 1.807) is 0 Å². The van der Waals surface area contributed by atoms with Gasteiger partial charge in [0.25, 0.3) is 0 Å². The summed E-state index contributed by atoms with van der Waals surface area (Å²) in [5.41, 5.74) is 4.76. The Labute approximate surface area is 394 Å². The lowest BCUT2D eigenvalue weighted by Gasteiger charge is -2.35. The number of aromatic amines is 2. The van der Waals surface area contributed by atoms with Gasteiger partial charge in [-0.05, 0) is 68.4 Å². The Kier molecular flexibility index (Phi) is 13.4. The van der Waals surface area contributed by atoms with Crippen molar-refractivity contribution >= 4 is 69.8 Å². The largest absolute Gasteiger partial charge is 0.453 e. The van der Waals surface area contributed by atoms with Crippen LogP contribution in [0.1, 0.15) is 75.1 Å². The average Bonchev–Trinajstić information content (AvgIpc) is 3.63. The summed E-state index contributed by atoms with van der Waals surface area (Å²) < 4.78 is 21.1. The zero-order valence-corrected chi connectivity index (χ0v) is 39.2. The predicted molar refractivity (Wildman–Crippen MR) is 246 cm³/mol. The van der Waals surface area contributed by atoms with Crippen LogP contribution >= 0.6 is 45.8 Å². The van der Waals surface area contributed by atoms with Gasteiger partial charge in [-0.15, -0.1) is 0 Å². The number of H-pyrrole nitrogens is 2. The normalized spacial score (nSPS) is 26.2. The van der Waals surface area contributed by atoms with Crippen molar-refractivity contribution in [2.45, 2.75) is 85.6 Å². The van der Waals surface area contributed by atoms with Crippen molar-refractivity contribution in [3.8, 4) is 33.6 Å². The minimum atomic E-state index is -0.795. The molecule has 4 aliphatic heterocycles. The lowest BCUT2D eigenvalue weighted by Crippen LogP contribution is -2.54. The van der Waals surface area contributed by atoms with Crippen molar-refractivity contribution < 1.29 is 38.1 Å². The molecule has 5 fully saturated rings. The summed E-state index contributed by atoms with van der Waals surface area (Å²) in [7, 11) is 2.58. The van der Waals surface area contributed by atoms with Crippen molar-refractivity contribution in [2.24, 2.45) is 17.8 Å². The lowest BCUT2D eigenvalue weighted by atomic mass is 9.92. The van der Waals surface area contributed by atoms with E-state index >= 15 is 0 Å². The molecule has 6 heterocycles. The van der Waals surface area contributed by atoms with Gasteiger partial charge in [-0.2, -0.15) is 0 Å². The highest BCUT2D eigenvalue weighted by Gasteiger charge is 2.57. The molecule has 9 atom stereocenters. The summed E-state index contributed by atoms with van der Waals surface area (Å²) in [6.45, 7) is 2.04. The van der Waals surface area contributed by atoms with Crippen LogP contribution in [-0.2, 0) is 28.5 Å². The number of amides is 4. The molecule has 0 bridgehead atoms. The van der Waals surface area contributed by atoms with E-state index < -0.39 is 24.3 Å². The van der Waals surface area contributed by atoms with E-state index in [-0.39, 0.29) is 45.8 Å². The molecule has 4 N–H and O–H groups in total. The first-order chi connectivity index (χ1) is 31.0. The van der Waals surface area contributed by atoms with E-state index in [9.17, 15) is 19.2 Å². The number of methoxy groups -OCH3 is 2. The molecule has 0 radical (unpaired) electrons. The van der Waals surface area contributed by atoms with Gasteiger partial charge in [0.05, 0.1) is 43.6 Å². The van der Waals surface area contributed by atoms with Gasteiger partial charge in [0, 0.05) is 42.2 Å². The Balaban J connectivity index is 0.888. The molecule has 0 spiro atoms. The molecule has 4 saturated heterocycles. The number of carbonyl (C=O) groups is 4. The summed E-state index contributed by atoms with van der Waals surface area (Å²) in [5.74, 6) is 0.893. The third kappa shape index (κ3) is 9.06. The van der Waals surface area contributed by atoms with E-state index in [2.05, 4.69) is 43.2 Å². The van der Waals surface area contributed by atoms with Crippen LogP contribution in [-0.4, -0.2) is 117 Å². The van der Waals surface area contributed by atoms with E-state index in [0.29, 0.717) is 72.1 Å². The van der Waals surface area contributed by atoms with Gasteiger partial charge in [0.1, 0.15) is 45.4 Å². The predicted octanol–water partition coefficient (Wildman–Crippen LogP) is 7.83. The molecular formula is C45H51Cl2IN8O8. The number of carbonyl (C=O) groups excluding carboxylic acids is 4. The molecule has 2 aromatic heterocycles. The Morgan fingerprint density at radius 1 is 0.688 bits per heavy atom. The quantitative estimate of drug-likeness (QED) is 0.0654. The van der Waals surface area contributed by atoms with Crippen LogP contribution in [0.15, 0.2) is 48.5 Å². The number of piperidine rings is 1. The number of alkyl carbamates (subject to hydrolysis) is 2. The van der Waals surface area contributed by atoms with Gasteiger partial charge in [0.2, 0.25) is 11.8 Å². The molecule has 16 nitrogen and oxygen atoms in total. The smallest absolute Gasteiger partial charge is 0.407 e. The number of hydrogen-bond donors (Lipinski definition) is 4. The maximum atomic E-state index is 14.3. The van der Waals surface area contributed by atoms with Gasteiger partial charge >= 0.3 is 12.2 Å². The first kappa shape index (κ1) is 44.8. The molecule has 0 unspecified atom stereocenters. The molecule has 9 rings (SSSR count). The zero-order valence-electron chi connectivity index (χ0n) is 35.5. The first-order valence-corrected chi connectivity index (χ1v) is 23.9. The fraction of sp³-hybridized carbons (Fsp3) is 0.511. The molecule has 19 heteroatoms. The summed E-state index contributed by atoms with van der Waals surface area (Å²) in [4.78, 5) is 73.3. The van der Waals surface area contributed by atoms with Crippen molar-refractivity contribution in [1.29, 1.82) is 0 Å². The second-order valence-corrected chi connectivity index (χ2v) is 19.4. The molecule has 64 heavy (non-hydrogen) atoms. The Bertz CT molecular complexity index is 2210. The highest BCUT2D eigenvalue weighted by molar-refractivity contribution is 14.1. The summed E-state index contributed by atoms with van der Waals surface area (Å²) >= 11 is 15.9. The maximum Gasteiger partial charge on any atom is 0.407 e. The van der Waals surface area contributed by atoms with Crippen molar-refractivity contribution in [3.05, 3.63) is 70.5 Å². The van der Waals surface area contributed by atoms with Gasteiger partial charge in [-0.3, -0.25) is 9.59 Å². The second kappa shape index (κ2) is 19.2. The number of ether oxygens (including phenoxy) is 4. The number of benzene rings is 2. The second-order valence-electron chi connectivity index (χ2n) is 17.2. The number of rotatable bonds is 11. The Morgan fingerprint density at radius 2 is 1.16 bits per heavy atom. The first-order valence-electron chi connectivity index (χ1n) is 21.9. The Morgan fingerprint density at radius 3 is 1.62 bits per heavy atom. The van der Waals surface area contributed by atoms with Crippen LogP contribution in [0.2, 0.25) is 10.3 Å². The van der Waals surface area contributed by atoms with Crippen LogP contribution < -0.4 is 10.6 Å². The molecule has 5 aliphatic rings.